The van der Waals surface area contributed by atoms with Crippen LogP contribution in [0, 0.1) is 6.08 Å². The summed E-state index contributed by atoms with van der Waals surface area (Å²) >= 11 is 0. The molecule has 0 atom stereocenters. The van der Waals surface area contributed by atoms with Crippen LogP contribution in [0.3, 0.4) is 0 Å². The zero-order chi connectivity index (χ0) is 20.6. The van der Waals surface area contributed by atoms with Gasteiger partial charge in [-0.3, -0.25) is 0 Å². The van der Waals surface area contributed by atoms with Gasteiger partial charge in [-0.05, 0) is 32.6 Å². The van der Waals surface area contributed by atoms with Crippen LogP contribution in [0.15, 0.2) is 127 Å². The minimum absolute atomic E-state index is 0. The molecule has 0 bridgehead atoms. The Morgan fingerprint density at radius 3 is 1.47 bits per heavy atom. The third kappa shape index (κ3) is 4.70. The first-order valence-corrected chi connectivity index (χ1v) is 12.3. The van der Waals surface area contributed by atoms with Crippen LogP contribution in [-0.2, 0) is 26.2 Å². The van der Waals surface area contributed by atoms with Crippen LogP contribution in [0.1, 0.15) is 17.0 Å². The van der Waals surface area contributed by atoms with Crippen molar-refractivity contribution in [1.29, 1.82) is 0 Å². The topological polar surface area (TPSA) is 0 Å². The quantitative estimate of drug-likeness (QED) is 0.223. The van der Waals surface area contributed by atoms with E-state index in [9.17, 15) is 0 Å². The molecule has 4 aromatic rings. The van der Waals surface area contributed by atoms with Crippen molar-refractivity contribution in [3.8, 4) is 11.1 Å². The minimum atomic E-state index is -1.09. The summed E-state index contributed by atoms with van der Waals surface area (Å²) in [6.45, 7) is 0. The summed E-state index contributed by atoms with van der Waals surface area (Å²) in [6, 6.07) is 39.5. The normalized spacial score (nSPS) is 13.1. The van der Waals surface area contributed by atoms with Gasteiger partial charge in [0.25, 0.3) is 0 Å². The predicted octanol–water partition coefficient (Wildman–Crippen LogP) is -0.833. The van der Waals surface area contributed by atoms with Crippen LogP contribution < -0.4 is 35.2 Å². The van der Waals surface area contributed by atoms with Crippen molar-refractivity contribution in [2.75, 3.05) is 0 Å². The first-order chi connectivity index (χ1) is 15.4. The van der Waals surface area contributed by atoms with Gasteiger partial charge in [0.2, 0.25) is 0 Å². The molecule has 2 aliphatic carbocycles. The maximum Gasteiger partial charge on any atom is 3.00 e. The SMILES string of the molecule is [C-]1=C(C2c3ccccc3-c3ccccc32)C=CC1=[Si](c1ccccc1)c1ccccc1.[Cl-].[Cl-].[Zr+3]. The minimum Gasteiger partial charge on any atom is -1.00 e. The zero-order valence-electron chi connectivity index (χ0n) is 18.4. The molecule has 0 amide bonds. The van der Waals surface area contributed by atoms with E-state index >= 15 is 0 Å². The summed E-state index contributed by atoms with van der Waals surface area (Å²) < 4.78 is 0. The van der Waals surface area contributed by atoms with Crippen LogP contribution in [0.5, 0.6) is 0 Å². The largest absolute Gasteiger partial charge is 3.00 e. The number of allylic oxidation sites excluding steroid dienone is 4. The van der Waals surface area contributed by atoms with Gasteiger partial charge >= 0.3 is 26.2 Å². The van der Waals surface area contributed by atoms with Crippen molar-refractivity contribution in [3.63, 3.8) is 0 Å². The van der Waals surface area contributed by atoms with Gasteiger partial charge in [-0.2, -0.15) is 16.8 Å². The maximum atomic E-state index is 3.88. The van der Waals surface area contributed by atoms with Crippen LogP contribution in [-0.4, -0.2) is 13.6 Å². The zero-order valence-corrected chi connectivity index (χ0v) is 23.4. The molecule has 2 aliphatic rings. The summed E-state index contributed by atoms with van der Waals surface area (Å²) in [4.78, 5) is 0. The molecule has 163 valence electrons. The molecular formula is C30H21Cl2SiZr. The fraction of sp³-hybridized carbons (Fsp3) is 0.0333. The molecule has 4 heteroatoms. The molecule has 0 spiro atoms. The van der Waals surface area contributed by atoms with Gasteiger partial charge < -0.3 is 24.8 Å². The Kier molecular flexibility index (Phi) is 9.01. The predicted molar refractivity (Wildman–Crippen MR) is 133 cm³/mol. The second-order valence-corrected chi connectivity index (χ2v) is 10.5. The first kappa shape index (κ1) is 26.5. The standard InChI is InChI=1S/C30H21Si.2ClH.Zr/c1-3-11-23(12-4-1)31(24-13-5-2-6-14-24)25-20-19-22(21-25)30-28-17-9-7-15-26(28)27-16-8-10-18-29(27)30;;;/h1-20,30H;2*1H;/q-1;;;+3/p-2. The molecule has 0 unspecified atom stereocenters. The van der Waals surface area contributed by atoms with Gasteiger partial charge in [0.1, 0.15) is 0 Å². The summed E-state index contributed by atoms with van der Waals surface area (Å²) in [6.07, 6.45) is 8.49. The maximum absolute atomic E-state index is 3.88. The fourth-order valence-electron chi connectivity index (χ4n) is 4.90. The molecular weight excluding hydrogens is 551 g/mol. The summed E-state index contributed by atoms with van der Waals surface area (Å²) in [5, 5.41) is 4.14. The second-order valence-electron chi connectivity index (χ2n) is 8.04. The average molecular weight is 572 g/mol. The van der Waals surface area contributed by atoms with Gasteiger partial charge in [0, 0.05) is 5.92 Å². The Morgan fingerprint density at radius 1 is 0.529 bits per heavy atom. The molecule has 0 heterocycles. The molecule has 0 N–H and O–H groups in total. The molecule has 6 rings (SSSR count). The van der Waals surface area contributed by atoms with Crippen LogP contribution in [0.25, 0.3) is 11.1 Å². The van der Waals surface area contributed by atoms with Crippen LogP contribution in [0.4, 0.5) is 0 Å². The molecule has 0 fully saturated rings. The van der Waals surface area contributed by atoms with E-state index in [1.165, 1.54) is 43.4 Å². The van der Waals surface area contributed by atoms with Crippen molar-refractivity contribution >= 4 is 24.0 Å². The van der Waals surface area contributed by atoms with Gasteiger partial charge in [0.05, 0.1) is 8.41 Å². The van der Waals surface area contributed by atoms with E-state index in [2.05, 4.69) is 127 Å². The number of hydrogen-bond donors (Lipinski definition) is 0. The van der Waals surface area contributed by atoms with Gasteiger partial charge in [-0.1, -0.05) is 109 Å². The Labute approximate surface area is 234 Å². The Bertz CT molecular complexity index is 1290. The van der Waals surface area contributed by atoms with Crippen LogP contribution in [0.2, 0.25) is 0 Å². The van der Waals surface area contributed by atoms with Crippen molar-refractivity contribution in [3.05, 3.63) is 144 Å². The van der Waals surface area contributed by atoms with Crippen molar-refractivity contribution < 1.29 is 51.0 Å². The van der Waals surface area contributed by atoms with E-state index in [0.29, 0.717) is 0 Å². The van der Waals surface area contributed by atoms with E-state index in [-0.39, 0.29) is 56.9 Å². The summed E-state index contributed by atoms with van der Waals surface area (Å²) in [7, 11) is -1.09. The van der Waals surface area contributed by atoms with E-state index in [1.54, 1.807) is 0 Å². The van der Waals surface area contributed by atoms with Crippen molar-refractivity contribution in [2.24, 2.45) is 0 Å². The second kappa shape index (κ2) is 11.6. The Morgan fingerprint density at radius 2 is 0.971 bits per heavy atom. The fourth-order valence-corrected chi connectivity index (χ4v) is 7.43. The van der Waals surface area contributed by atoms with Gasteiger partial charge in [-0.15, -0.1) is 0 Å². The van der Waals surface area contributed by atoms with Crippen molar-refractivity contribution in [1.82, 2.24) is 0 Å². The molecule has 0 aromatic heterocycles. The molecule has 0 saturated heterocycles. The first-order valence-electron chi connectivity index (χ1n) is 10.8. The number of rotatable bonds is 3. The number of hydrogen-bond acceptors (Lipinski definition) is 0. The molecule has 0 nitrogen and oxygen atoms in total. The third-order valence-electron chi connectivity index (χ3n) is 6.25. The summed E-state index contributed by atoms with van der Waals surface area (Å²) in [5.74, 6) is 0.260. The number of halogens is 2. The average Bonchev–Trinajstić information content (AvgIpc) is 3.43. The number of fused-ring (bicyclic) bond motifs is 3. The van der Waals surface area contributed by atoms with Gasteiger partial charge in [-0.25, -0.2) is 12.2 Å². The van der Waals surface area contributed by atoms with E-state index < -0.39 is 8.41 Å². The van der Waals surface area contributed by atoms with Crippen LogP contribution >= 0.6 is 0 Å². The Hall–Kier alpha value is -2.09. The molecule has 1 radical (unpaired) electrons. The smallest absolute Gasteiger partial charge is 1.00 e. The molecule has 0 aliphatic heterocycles. The van der Waals surface area contributed by atoms with E-state index in [0.717, 1.165) is 0 Å². The molecule has 0 saturated carbocycles. The Balaban J connectivity index is 0.00000108. The van der Waals surface area contributed by atoms with Gasteiger partial charge in [0.15, 0.2) is 0 Å². The summed E-state index contributed by atoms with van der Waals surface area (Å²) in [5.41, 5.74) is 6.78. The van der Waals surface area contributed by atoms with E-state index in [4.69, 9.17) is 0 Å². The monoisotopic (exact) mass is 569 g/mol. The van der Waals surface area contributed by atoms with Crippen molar-refractivity contribution in [2.45, 2.75) is 5.92 Å². The molecule has 4 aromatic carbocycles. The third-order valence-corrected chi connectivity index (χ3v) is 8.90. The molecule has 34 heavy (non-hydrogen) atoms. The van der Waals surface area contributed by atoms with E-state index in [1.807, 2.05) is 0 Å². The number of benzene rings is 4.